The summed E-state index contributed by atoms with van der Waals surface area (Å²) in [5.41, 5.74) is 0.694. The maximum Gasteiger partial charge on any atom is 0.366 e. The van der Waals surface area contributed by atoms with Crippen LogP contribution in [0.3, 0.4) is 0 Å². The van der Waals surface area contributed by atoms with Crippen LogP contribution in [0.2, 0.25) is 5.02 Å². The van der Waals surface area contributed by atoms with E-state index in [1.165, 1.54) is 0 Å². The average Bonchev–Trinajstić information content (AvgIpc) is 3.31. The molecule has 2 aromatic carbocycles. The molecule has 5 rings (SSSR count). The fourth-order valence-electron chi connectivity index (χ4n) is 5.24. The Hall–Kier alpha value is -3.94. The molecule has 1 aliphatic heterocycles. The van der Waals surface area contributed by atoms with Gasteiger partial charge >= 0.3 is 5.63 Å². The number of rotatable bonds is 7. The fourth-order valence-corrected chi connectivity index (χ4v) is 5.44. The highest BCUT2D eigenvalue weighted by Gasteiger charge is 2.48. The summed E-state index contributed by atoms with van der Waals surface area (Å²) in [4.78, 5) is 26.2. The van der Waals surface area contributed by atoms with E-state index in [-0.39, 0.29) is 12.3 Å². The molecule has 194 valence electrons. The predicted molar refractivity (Wildman–Crippen MR) is 147 cm³/mol. The van der Waals surface area contributed by atoms with Gasteiger partial charge in [0.25, 0.3) is 5.91 Å². The molecule has 2 unspecified atom stereocenters. The smallest absolute Gasteiger partial charge is 0.366 e. The number of hydrogen-bond acceptors (Lipinski definition) is 6. The lowest BCUT2D eigenvalue weighted by molar-refractivity contribution is -0.138. The van der Waals surface area contributed by atoms with Crippen LogP contribution in [0.15, 0.2) is 86.7 Å². The highest BCUT2D eigenvalue weighted by atomic mass is 35.5. The quantitative estimate of drug-likeness (QED) is 0.259. The molecule has 7 nitrogen and oxygen atoms in total. The van der Waals surface area contributed by atoms with Crippen LogP contribution in [0.1, 0.15) is 36.6 Å². The molecule has 8 heteroatoms. The highest BCUT2D eigenvalue weighted by molar-refractivity contribution is 6.31. The van der Waals surface area contributed by atoms with Crippen molar-refractivity contribution < 1.29 is 18.8 Å². The summed E-state index contributed by atoms with van der Waals surface area (Å²) in [5.74, 6) is -0.773. The van der Waals surface area contributed by atoms with Crippen LogP contribution in [0.25, 0.3) is 22.1 Å². The number of nitrogens with one attached hydrogen (secondary N) is 1. The van der Waals surface area contributed by atoms with Crippen molar-refractivity contribution in [2.24, 2.45) is 5.92 Å². The predicted octanol–water partition coefficient (Wildman–Crippen LogP) is 6.20. The number of amides is 1. The van der Waals surface area contributed by atoms with Crippen molar-refractivity contribution in [1.29, 1.82) is 0 Å². The van der Waals surface area contributed by atoms with Gasteiger partial charge in [0.15, 0.2) is 5.60 Å². The number of nitrogens with zero attached hydrogens (tertiary/aromatic N) is 1. The summed E-state index contributed by atoms with van der Waals surface area (Å²) in [6.45, 7) is 5.63. The van der Waals surface area contributed by atoms with E-state index in [4.69, 9.17) is 20.5 Å². The third kappa shape index (κ3) is 4.59. The average molecular weight is 531 g/mol. The third-order valence-electron chi connectivity index (χ3n) is 6.99. The number of fused-ring (bicyclic) bond motifs is 2. The third-order valence-corrected chi connectivity index (χ3v) is 7.36. The highest BCUT2D eigenvalue weighted by Crippen LogP contribution is 2.44. The first-order chi connectivity index (χ1) is 18.2. The molecule has 2 atom stereocenters. The molecule has 1 aromatic heterocycles. The normalized spacial score (nSPS) is 14.1. The Labute approximate surface area is 224 Å². The van der Waals surface area contributed by atoms with Gasteiger partial charge < -0.3 is 19.4 Å². The second kappa shape index (κ2) is 10.1. The second-order valence-corrected chi connectivity index (χ2v) is 10.3. The Kier molecular flexibility index (Phi) is 6.82. The molecule has 0 bridgehead atoms. The van der Waals surface area contributed by atoms with Gasteiger partial charge in [0.2, 0.25) is 0 Å². The van der Waals surface area contributed by atoms with E-state index in [0.29, 0.717) is 38.5 Å². The van der Waals surface area contributed by atoms with Crippen molar-refractivity contribution in [2.45, 2.75) is 38.7 Å². The van der Waals surface area contributed by atoms with Crippen LogP contribution in [0.5, 0.6) is 0 Å². The number of hydrogen-bond donors (Lipinski definition) is 2. The van der Waals surface area contributed by atoms with Gasteiger partial charge in [0.1, 0.15) is 5.76 Å². The van der Waals surface area contributed by atoms with E-state index < -0.39 is 23.1 Å². The molecule has 3 aromatic rings. The van der Waals surface area contributed by atoms with Crippen LogP contribution in [0.4, 0.5) is 5.69 Å². The molecular weight excluding hydrogens is 504 g/mol. The number of carbonyl (C=O) groups excluding carboxylic acids is 1. The lowest BCUT2D eigenvalue weighted by Gasteiger charge is -2.38. The minimum Gasteiger partial charge on any atom is -0.464 e. The molecule has 0 radical (unpaired) electrons. The molecule has 2 aliphatic rings. The molecule has 1 amide bonds. The van der Waals surface area contributed by atoms with E-state index in [1.807, 2.05) is 38.1 Å². The summed E-state index contributed by atoms with van der Waals surface area (Å²) in [7, 11) is 0. The Morgan fingerprint density at radius 2 is 1.87 bits per heavy atom. The number of aryl methyl sites for hydroxylation is 1. The molecule has 0 spiro atoms. The molecular formula is C30H27ClN2O5. The Balaban J connectivity index is 1.61. The maximum absolute atomic E-state index is 14.1. The number of anilines is 1. The summed E-state index contributed by atoms with van der Waals surface area (Å²) >= 11 is 6.49. The first-order valence-electron chi connectivity index (χ1n) is 12.3. The fraction of sp³-hybridized carbons (Fsp3) is 0.233. The zero-order valence-corrected chi connectivity index (χ0v) is 22.0. The van der Waals surface area contributed by atoms with E-state index in [9.17, 15) is 14.7 Å². The van der Waals surface area contributed by atoms with Crippen LogP contribution < -0.4 is 10.9 Å². The maximum atomic E-state index is 14.1. The zero-order valence-electron chi connectivity index (χ0n) is 21.2. The van der Waals surface area contributed by atoms with Gasteiger partial charge in [-0.3, -0.25) is 4.79 Å². The number of aliphatic hydroxyl groups is 1. The van der Waals surface area contributed by atoms with Gasteiger partial charge in [-0.15, -0.1) is 0 Å². The summed E-state index contributed by atoms with van der Waals surface area (Å²) < 4.78 is 10.6. The molecule has 0 saturated heterocycles. The van der Waals surface area contributed by atoms with E-state index >= 15 is 0 Å². The van der Waals surface area contributed by atoms with Crippen molar-refractivity contribution in [2.75, 3.05) is 5.32 Å². The lowest BCUT2D eigenvalue weighted by Crippen LogP contribution is -2.51. The molecule has 0 saturated carbocycles. The van der Waals surface area contributed by atoms with Gasteiger partial charge in [0, 0.05) is 39.6 Å². The standard InChI is InChI=1S/C30H27ClN2O5/c1-17(2)26(23-12-10-19-8-6-14-37-27(19)23)30(36,16-20-7-4-5-9-25(20)31)29(35)32-21-11-13-22-24(15-21)18(3)33-38-28(22)34/h4-15,17,26,36H,16H2,1-3H3,(H,32,35). The topological polar surface area (TPSA) is 106 Å². The van der Waals surface area contributed by atoms with Crippen LogP contribution in [-0.2, 0) is 11.2 Å². The first kappa shape index (κ1) is 25.7. The number of halogens is 1. The second-order valence-electron chi connectivity index (χ2n) is 9.87. The van der Waals surface area contributed by atoms with Gasteiger partial charge in [-0.05, 0) is 54.8 Å². The molecule has 2 heterocycles. The van der Waals surface area contributed by atoms with Gasteiger partial charge in [0.05, 0.1) is 17.3 Å². The molecule has 0 fully saturated rings. The largest absolute Gasteiger partial charge is 0.464 e. The van der Waals surface area contributed by atoms with Crippen LogP contribution in [-0.4, -0.2) is 21.8 Å². The van der Waals surface area contributed by atoms with Crippen molar-refractivity contribution in [3.63, 3.8) is 0 Å². The molecule has 38 heavy (non-hydrogen) atoms. The van der Waals surface area contributed by atoms with Gasteiger partial charge in [-0.2, -0.15) is 0 Å². The van der Waals surface area contributed by atoms with Crippen molar-refractivity contribution in [3.8, 4) is 11.3 Å². The van der Waals surface area contributed by atoms with E-state index in [1.54, 1.807) is 55.7 Å². The number of aromatic nitrogens is 1. The summed E-state index contributed by atoms with van der Waals surface area (Å²) in [5, 5.41) is 20.4. The van der Waals surface area contributed by atoms with Gasteiger partial charge in [-0.25, -0.2) is 4.79 Å². The summed E-state index contributed by atoms with van der Waals surface area (Å²) in [6.07, 6.45) is 1.55. The molecule has 2 N–H and O–H groups in total. The van der Waals surface area contributed by atoms with E-state index in [0.717, 1.165) is 11.1 Å². The number of benzene rings is 2. The Morgan fingerprint density at radius 3 is 2.63 bits per heavy atom. The Morgan fingerprint density at radius 1 is 1.08 bits per heavy atom. The van der Waals surface area contributed by atoms with Crippen LogP contribution >= 0.6 is 11.6 Å². The van der Waals surface area contributed by atoms with Crippen molar-refractivity contribution in [3.05, 3.63) is 105 Å². The summed E-state index contributed by atoms with van der Waals surface area (Å²) in [6, 6.07) is 19.5. The zero-order chi connectivity index (χ0) is 27.0. The van der Waals surface area contributed by atoms with E-state index in [2.05, 4.69) is 10.5 Å². The number of carbonyl (C=O) groups is 1. The minimum atomic E-state index is -1.91. The SMILES string of the molecule is Cc1noc(=O)c2ccc(NC(=O)C(O)(Cc3ccccc3Cl)C(c3ccc4cccoc3-4)C(C)C)cc12. The van der Waals surface area contributed by atoms with Crippen LogP contribution in [0, 0.1) is 12.8 Å². The minimum absolute atomic E-state index is 0.0292. The molecule has 1 aliphatic carbocycles. The van der Waals surface area contributed by atoms with Gasteiger partial charge in [-0.1, -0.05) is 60.9 Å². The Bertz CT molecular complexity index is 1660. The lowest BCUT2D eigenvalue weighted by atomic mass is 9.71. The monoisotopic (exact) mass is 530 g/mol. The van der Waals surface area contributed by atoms with Crippen molar-refractivity contribution >= 4 is 34.0 Å². The van der Waals surface area contributed by atoms with Crippen molar-refractivity contribution in [1.82, 2.24) is 5.16 Å². The first-order valence-corrected chi connectivity index (χ1v) is 12.7.